The van der Waals surface area contributed by atoms with Crippen LogP contribution in [0.25, 0.3) is 5.69 Å². The Hall–Kier alpha value is -1.78. The fourth-order valence-corrected chi connectivity index (χ4v) is 2.09. The van der Waals surface area contributed by atoms with Gasteiger partial charge in [0.05, 0.1) is 5.56 Å². The topological polar surface area (TPSA) is 17.8 Å². The highest BCUT2D eigenvalue weighted by molar-refractivity contribution is 5.44. The van der Waals surface area contributed by atoms with Crippen molar-refractivity contribution in [2.75, 3.05) is 0 Å². The molecule has 5 heteroatoms. The van der Waals surface area contributed by atoms with Gasteiger partial charge in [0.25, 0.3) is 0 Å². The van der Waals surface area contributed by atoms with Crippen LogP contribution in [0.15, 0.2) is 30.6 Å². The van der Waals surface area contributed by atoms with Crippen molar-refractivity contribution in [1.82, 2.24) is 9.55 Å². The third-order valence-corrected chi connectivity index (χ3v) is 3.07. The molecule has 0 aliphatic heterocycles. The van der Waals surface area contributed by atoms with E-state index in [1.54, 1.807) is 49.9 Å². The second-order valence-electron chi connectivity index (χ2n) is 4.77. The summed E-state index contributed by atoms with van der Waals surface area (Å²) in [6.45, 7) is 5.27. The van der Waals surface area contributed by atoms with Crippen LogP contribution in [0.3, 0.4) is 0 Å². The lowest BCUT2D eigenvalue weighted by Gasteiger charge is -2.17. The minimum atomic E-state index is -4.34. The molecule has 0 amide bonds. The number of aryl methyl sites for hydroxylation is 1. The molecule has 2 rings (SSSR count). The zero-order valence-corrected chi connectivity index (χ0v) is 11.0. The van der Waals surface area contributed by atoms with E-state index in [2.05, 4.69) is 4.98 Å². The highest BCUT2D eigenvalue weighted by Gasteiger charge is 2.34. The molecule has 2 nitrogen and oxygen atoms in total. The van der Waals surface area contributed by atoms with Crippen LogP contribution in [0.4, 0.5) is 13.2 Å². The van der Waals surface area contributed by atoms with Crippen LogP contribution in [0.1, 0.15) is 36.7 Å². The molecular weight excluding hydrogens is 253 g/mol. The van der Waals surface area contributed by atoms with Crippen LogP contribution in [0.5, 0.6) is 0 Å². The van der Waals surface area contributed by atoms with Gasteiger partial charge in [-0.1, -0.05) is 19.9 Å². The van der Waals surface area contributed by atoms with Crippen LogP contribution >= 0.6 is 0 Å². The standard InChI is InChI=1S/C14H15F3N2/c1-9(2)12-5-4-11(8-13(12)14(15,16)17)19-7-6-18-10(19)3/h4-9H,1-3H3. The molecule has 2 aromatic rings. The Morgan fingerprint density at radius 3 is 2.37 bits per heavy atom. The lowest BCUT2D eigenvalue weighted by atomic mass is 9.96. The van der Waals surface area contributed by atoms with Gasteiger partial charge in [0, 0.05) is 18.1 Å². The Labute approximate surface area is 109 Å². The summed E-state index contributed by atoms with van der Waals surface area (Å²) in [4.78, 5) is 4.02. The highest BCUT2D eigenvalue weighted by Crippen LogP contribution is 2.36. The molecule has 0 radical (unpaired) electrons. The van der Waals surface area contributed by atoms with Crippen LogP contribution in [-0.4, -0.2) is 9.55 Å². The van der Waals surface area contributed by atoms with Crippen LogP contribution < -0.4 is 0 Å². The number of alkyl halides is 3. The Balaban J connectivity index is 2.60. The SMILES string of the molecule is Cc1nccn1-c1ccc(C(C)C)c(C(F)(F)F)c1. The molecule has 0 atom stereocenters. The third-order valence-electron chi connectivity index (χ3n) is 3.07. The number of benzene rings is 1. The summed E-state index contributed by atoms with van der Waals surface area (Å²) in [7, 11) is 0. The number of imidazole rings is 1. The molecule has 0 spiro atoms. The van der Waals surface area contributed by atoms with Crippen molar-refractivity contribution in [1.29, 1.82) is 0 Å². The van der Waals surface area contributed by atoms with Crippen LogP contribution in [0.2, 0.25) is 0 Å². The summed E-state index contributed by atoms with van der Waals surface area (Å²) in [5.41, 5.74) is 0.217. The molecule has 1 aromatic heterocycles. The Kier molecular flexibility index (Phi) is 3.39. The van der Waals surface area contributed by atoms with E-state index in [0.717, 1.165) is 0 Å². The van der Waals surface area contributed by atoms with Crippen molar-refractivity contribution in [3.63, 3.8) is 0 Å². The maximum absolute atomic E-state index is 13.1. The molecule has 0 aliphatic rings. The maximum atomic E-state index is 13.1. The zero-order chi connectivity index (χ0) is 14.2. The Morgan fingerprint density at radius 2 is 1.89 bits per heavy atom. The smallest absolute Gasteiger partial charge is 0.304 e. The first kappa shape index (κ1) is 13.6. The fraction of sp³-hybridized carbons (Fsp3) is 0.357. The average Bonchev–Trinajstić information content (AvgIpc) is 2.73. The zero-order valence-electron chi connectivity index (χ0n) is 11.0. The molecule has 0 bridgehead atoms. The summed E-state index contributed by atoms with van der Waals surface area (Å²) in [5, 5.41) is 0. The van der Waals surface area contributed by atoms with Gasteiger partial charge in [-0.15, -0.1) is 0 Å². The summed E-state index contributed by atoms with van der Waals surface area (Å²) >= 11 is 0. The number of hydrogen-bond acceptors (Lipinski definition) is 1. The normalized spacial score (nSPS) is 12.2. The van der Waals surface area contributed by atoms with Gasteiger partial charge in [-0.25, -0.2) is 4.98 Å². The van der Waals surface area contributed by atoms with Crippen molar-refractivity contribution >= 4 is 0 Å². The summed E-state index contributed by atoms with van der Waals surface area (Å²) in [6, 6.07) is 4.42. The number of aromatic nitrogens is 2. The van der Waals surface area contributed by atoms with Crippen LogP contribution in [-0.2, 0) is 6.18 Å². The molecule has 0 unspecified atom stereocenters. The van der Waals surface area contributed by atoms with Gasteiger partial charge in [-0.2, -0.15) is 13.2 Å². The third kappa shape index (κ3) is 2.64. The van der Waals surface area contributed by atoms with Gasteiger partial charge >= 0.3 is 6.18 Å². The molecule has 0 aliphatic carbocycles. The van der Waals surface area contributed by atoms with Crippen molar-refractivity contribution < 1.29 is 13.2 Å². The predicted octanol–water partition coefficient (Wildman–Crippen LogP) is 4.32. The van der Waals surface area contributed by atoms with Crippen molar-refractivity contribution in [2.45, 2.75) is 32.9 Å². The largest absolute Gasteiger partial charge is 0.416 e. The van der Waals surface area contributed by atoms with Gasteiger partial charge < -0.3 is 4.57 Å². The number of rotatable bonds is 2. The molecule has 19 heavy (non-hydrogen) atoms. The van der Waals surface area contributed by atoms with E-state index < -0.39 is 11.7 Å². The van der Waals surface area contributed by atoms with Gasteiger partial charge in [-0.05, 0) is 30.5 Å². The quantitative estimate of drug-likeness (QED) is 0.793. The minimum Gasteiger partial charge on any atom is -0.304 e. The summed E-state index contributed by atoms with van der Waals surface area (Å²) in [6.07, 6.45) is -1.12. The first-order valence-corrected chi connectivity index (χ1v) is 6.02. The predicted molar refractivity (Wildman–Crippen MR) is 67.4 cm³/mol. The van der Waals surface area contributed by atoms with Gasteiger partial charge in [0.15, 0.2) is 0 Å². The van der Waals surface area contributed by atoms with Crippen LogP contribution in [0, 0.1) is 6.92 Å². The van der Waals surface area contributed by atoms with E-state index in [4.69, 9.17) is 0 Å². The molecule has 0 saturated heterocycles. The van der Waals surface area contributed by atoms with Crippen molar-refractivity contribution in [3.05, 3.63) is 47.5 Å². The fourth-order valence-electron chi connectivity index (χ4n) is 2.09. The molecule has 0 N–H and O–H groups in total. The Bertz CT molecular complexity index is 583. The molecular formula is C14H15F3N2. The average molecular weight is 268 g/mol. The second kappa shape index (κ2) is 4.72. The molecule has 0 saturated carbocycles. The van der Waals surface area contributed by atoms with E-state index in [1.165, 1.54) is 6.07 Å². The van der Waals surface area contributed by atoms with Crippen molar-refractivity contribution in [2.24, 2.45) is 0 Å². The van der Waals surface area contributed by atoms with E-state index in [1.807, 2.05) is 0 Å². The number of hydrogen-bond donors (Lipinski definition) is 0. The first-order valence-electron chi connectivity index (χ1n) is 6.02. The minimum absolute atomic E-state index is 0.172. The molecule has 1 aromatic carbocycles. The second-order valence-corrected chi connectivity index (χ2v) is 4.77. The van der Waals surface area contributed by atoms with E-state index in [0.29, 0.717) is 17.1 Å². The first-order chi connectivity index (χ1) is 8.80. The van der Waals surface area contributed by atoms with E-state index >= 15 is 0 Å². The van der Waals surface area contributed by atoms with Gasteiger partial charge in [-0.3, -0.25) is 0 Å². The summed E-state index contributed by atoms with van der Waals surface area (Å²) < 4.78 is 41.0. The maximum Gasteiger partial charge on any atom is 0.416 e. The summed E-state index contributed by atoms with van der Waals surface area (Å²) in [5.74, 6) is 0.486. The van der Waals surface area contributed by atoms with Gasteiger partial charge in [0.1, 0.15) is 5.82 Å². The molecule has 0 fully saturated rings. The monoisotopic (exact) mass is 268 g/mol. The van der Waals surface area contributed by atoms with E-state index in [-0.39, 0.29) is 5.92 Å². The number of halogens is 3. The highest BCUT2D eigenvalue weighted by atomic mass is 19.4. The molecule has 1 heterocycles. The lowest BCUT2D eigenvalue weighted by Crippen LogP contribution is -2.11. The lowest BCUT2D eigenvalue weighted by molar-refractivity contribution is -0.138. The van der Waals surface area contributed by atoms with Gasteiger partial charge in [0.2, 0.25) is 0 Å². The van der Waals surface area contributed by atoms with Crippen molar-refractivity contribution in [3.8, 4) is 5.69 Å². The van der Waals surface area contributed by atoms with E-state index in [9.17, 15) is 13.2 Å². The number of nitrogens with zero attached hydrogens (tertiary/aromatic N) is 2. The molecule has 102 valence electrons. The Morgan fingerprint density at radius 1 is 1.21 bits per heavy atom.